The standard InChI is InChI=1S/C19H15BrClF2N3O4/c20-14-5-11(7-24-16(14)26-8-18(6-15(26)27)9-29-10-18)17(28)25-12-1-3-13(4-2-12)30-19(21,22)23/h1-5,7H,6,8-10H2,(H,25,28). The highest BCUT2D eigenvalue weighted by Crippen LogP contribution is 2.41. The lowest BCUT2D eigenvalue weighted by Crippen LogP contribution is -2.44. The van der Waals surface area contributed by atoms with E-state index in [-0.39, 0.29) is 22.6 Å². The third kappa shape index (κ3) is 4.40. The molecule has 2 amide bonds. The minimum absolute atomic E-state index is 0.0338. The first-order valence-corrected chi connectivity index (χ1v) is 10.0. The van der Waals surface area contributed by atoms with Gasteiger partial charge in [-0.1, -0.05) is 0 Å². The summed E-state index contributed by atoms with van der Waals surface area (Å²) in [5, 5.41) is 2.63. The zero-order chi connectivity index (χ0) is 21.5. The number of hydrogen-bond acceptors (Lipinski definition) is 5. The molecule has 4 rings (SSSR count). The molecule has 30 heavy (non-hydrogen) atoms. The van der Waals surface area contributed by atoms with Crippen molar-refractivity contribution in [3.05, 3.63) is 46.6 Å². The Kier molecular flexibility index (Phi) is 5.41. The van der Waals surface area contributed by atoms with Gasteiger partial charge in [0.1, 0.15) is 11.6 Å². The van der Waals surface area contributed by atoms with E-state index in [9.17, 15) is 18.4 Å². The van der Waals surface area contributed by atoms with Gasteiger partial charge in [-0.05, 0) is 46.3 Å². The molecule has 0 atom stereocenters. The van der Waals surface area contributed by atoms with Gasteiger partial charge in [0.2, 0.25) is 5.91 Å². The lowest BCUT2D eigenvalue weighted by molar-refractivity contribution is -0.126. The summed E-state index contributed by atoms with van der Waals surface area (Å²) < 4.78 is 35.3. The van der Waals surface area contributed by atoms with Crippen LogP contribution in [-0.4, -0.2) is 42.1 Å². The summed E-state index contributed by atoms with van der Waals surface area (Å²) in [5.74, 6) is -0.188. The number of nitrogens with one attached hydrogen (secondary N) is 1. The molecule has 1 aromatic carbocycles. The number of carbonyl (C=O) groups excluding carboxylic acids is 2. The molecule has 11 heteroatoms. The van der Waals surface area contributed by atoms with E-state index < -0.39 is 11.5 Å². The monoisotopic (exact) mass is 501 g/mol. The van der Waals surface area contributed by atoms with E-state index in [1.807, 2.05) is 0 Å². The largest absolute Gasteiger partial charge is 0.487 e. The van der Waals surface area contributed by atoms with Crippen LogP contribution in [0.4, 0.5) is 20.3 Å². The Morgan fingerprint density at radius 3 is 2.57 bits per heavy atom. The molecule has 7 nitrogen and oxygen atoms in total. The van der Waals surface area contributed by atoms with Gasteiger partial charge in [0, 0.05) is 41.9 Å². The number of anilines is 2. The number of aromatic nitrogens is 1. The van der Waals surface area contributed by atoms with Gasteiger partial charge < -0.3 is 14.8 Å². The van der Waals surface area contributed by atoms with Crippen molar-refractivity contribution >= 4 is 50.9 Å². The van der Waals surface area contributed by atoms with Gasteiger partial charge in [-0.25, -0.2) is 4.98 Å². The summed E-state index contributed by atoms with van der Waals surface area (Å²) in [7, 11) is 0. The second-order valence-electron chi connectivity index (χ2n) is 7.21. The first-order chi connectivity index (χ1) is 14.1. The summed E-state index contributed by atoms with van der Waals surface area (Å²) in [6.45, 7) is 1.64. The Labute approximate surface area is 183 Å². The quantitative estimate of drug-likeness (QED) is 0.625. The number of carbonyl (C=O) groups is 2. The normalized spacial score (nSPS) is 17.7. The molecule has 0 bridgehead atoms. The average Bonchev–Trinajstić information content (AvgIpc) is 3.00. The lowest BCUT2D eigenvalue weighted by Gasteiger charge is -2.36. The Morgan fingerprint density at radius 2 is 2.03 bits per heavy atom. The number of pyridine rings is 1. The van der Waals surface area contributed by atoms with Crippen LogP contribution in [0.25, 0.3) is 0 Å². The fraction of sp³-hybridized carbons (Fsp3) is 0.316. The van der Waals surface area contributed by atoms with Crippen LogP contribution in [0.1, 0.15) is 16.8 Å². The van der Waals surface area contributed by atoms with Gasteiger partial charge in [-0.2, -0.15) is 0 Å². The molecule has 2 fully saturated rings. The van der Waals surface area contributed by atoms with Crippen LogP contribution in [0.2, 0.25) is 0 Å². The van der Waals surface area contributed by atoms with Crippen molar-refractivity contribution in [1.82, 2.24) is 4.98 Å². The maximum Gasteiger partial charge on any atom is 0.487 e. The van der Waals surface area contributed by atoms with Crippen molar-refractivity contribution in [3.63, 3.8) is 0 Å². The molecule has 2 saturated heterocycles. The number of rotatable bonds is 5. The number of amides is 2. The highest BCUT2D eigenvalue weighted by Gasteiger charge is 2.49. The van der Waals surface area contributed by atoms with Crippen LogP contribution in [0.5, 0.6) is 5.75 Å². The van der Waals surface area contributed by atoms with Gasteiger partial charge >= 0.3 is 5.57 Å². The molecule has 0 saturated carbocycles. The second kappa shape index (κ2) is 7.75. The Morgan fingerprint density at radius 1 is 1.33 bits per heavy atom. The fourth-order valence-corrected chi connectivity index (χ4v) is 4.02. The number of hydrogen-bond donors (Lipinski definition) is 1. The minimum atomic E-state index is -3.81. The minimum Gasteiger partial charge on any atom is -0.420 e. The van der Waals surface area contributed by atoms with Crippen molar-refractivity contribution in [2.45, 2.75) is 12.0 Å². The fourth-order valence-electron chi connectivity index (χ4n) is 3.37. The summed E-state index contributed by atoms with van der Waals surface area (Å²) >= 11 is 8.10. The van der Waals surface area contributed by atoms with E-state index in [0.717, 1.165) is 0 Å². The molecule has 158 valence electrons. The van der Waals surface area contributed by atoms with Crippen molar-refractivity contribution in [3.8, 4) is 5.75 Å². The molecule has 2 aliphatic heterocycles. The summed E-state index contributed by atoms with van der Waals surface area (Å²) in [6.07, 6.45) is 1.79. The maximum atomic E-state index is 12.6. The van der Waals surface area contributed by atoms with Gasteiger partial charge in [0.25, 0.3) is 5.91 Å². The second-order valence-corrected chi connectivity index (χ2v) is 8.50. The highest BCUT2D eigenvalue weighted by atomic mass is 79.9. The topological polar surface area (TPSA) is 80.8 Å². The van der Waals surface area contributed by atoms with Crippen LogP contribution in [0, 0.1) is 5.41 Å². The Bertz CT molecular complexity index is 996. The van der Waals surface area contributed by atoms with Crippen molar-refractivity contribution < 1.29 is 27.8 Å². The number of benzene rings is 1. The highest BCUT2D eigenvalue weighted by molar-refractivity contribution is 9.10. The van der Waals surface area contributed by atoms with Gasteiger partial charge in [0.05, 0.1) is 23.2 Å². The summed E-state index contributed by atoms with van der Waals surface area (Å²) in [6, 6.07) is 6.87. The number of nitrogens with zero attached hydrogens (tertiary/aromatic N) is 2. The predicted octanol–water partition coefficient (Wildman–Crippen LogP) is 4.02. The maximum absolute atomic E-state index is 12.6. The van der Waals surface area contributed by atoms with E-state index in [1.165, 1.54) is 30.5 Å². The van der Waals surface area contributed by atoms with Gasteiger partial charge in [0.15, 0.2) is 0 Å². The molecule has 0 radical (unpaired) electrons. The molecule has 2 aromatic rings. The number of ether oxygens (including phenoxy) is 2. The zero-order valence-corrected chi connectivity index (χ0v) is 17.7. The molecular weight excluding hydrogens is 488 g/mol. The van der Waals surface area contributed by atoms with Crippen molar-refractivity contribution in [2.24, 2.45) is 5.41 Å². The Hall–Kier alpha value is -2.30. The van der Waals surface area contributed by atoms with E-state index in [2.05, 4.69) is 31.0 Å². The van der Waals surface area contributed by atoms with E-state index in [4.69, 9.17) is 16.3 Å². The smallest absolute Gasteiger partial charge is 0.420 e. The molecule has 1 N–H and O–H groups in total. The zero-order valence-electron chi connectivity index (χ0n) is 15.3. The van der Waals surface area contributed by atoms with Gasteiger partial charge in [-0.3, -0.25) is 14.5 Å². The van der Waals surface area contributed by atoms with Crippen LogP contribution in [-0.2, 0) is 9.53 Å². The first-order valence-electron chi connectivity index (χ1n) is 8.85. The SMILES string of the molecule is O=C(Nc1ccc(OC(F)(F)Cl)cc1)c1cnc(N2CC3(COC3)CC2=O)c(Br)c1. The molecular formula is C19H15BrClF2N3O4. The first kappa shape index (κ1) is 21.0. The predicted molar refractivity (Wildman–Crippen MR) is 108 cm³/mol. The third-order valence-electron chi connectivity index (χ3n) is 4.82. The van der Waals surface area contributed by atoms with Crippen LogP contribution < -0.4 is 15.0 Å². The molecule has 0 unspecified atom stereocenters. The van der Waals surface area contributed by atoms with Crippen molar-refractivity contribution in [2.75, 3.05) is 30.0 Å². The van der Waals surface area contributed by atoms with E-state index in [0.29, 0.717) is 42.2 Å². The molecule has 1 aromatic heterocycles. The molecule has 0 aliphatic carbocycles. The third-order valence-corrected chi connectivity index (χ3v) is 5.48. The number of halogens is 4. The van der Waals surface area contributed by atoms with Crippen LogP contribution in [0.3, 0.4) is 0 Å². The summed E-state index contributed by atoms with van der Waals surface area (Å²) in [5.41, 5.74) is -3.33. The lowest BCUT2D eigenvalue weighted by atomic mass is 9.85. The van der Waals surface area contributed by atoms with Crippen LogP contribution in [0.15, 0.2) is 41.0 Å². The van der Waals surface area contributed by atoms with Gasteiger partial charge in [-0.15, -0.1) is 8.78 Å². The molecule has 2 aliphatic rings. The number of alkyl halides is 3. The van der Waals surface area contributed by atoms with E-state index >= 15 is 0 Å². The summed E-state index contributed by atoms with van der Waals surface area (Å²) in [4.78, 5) is 30.8. The molecule has 3 heterocycles. The Balaban J connectivity index is 1.44. The van der Waals surface area contributed by atoms with Crippen molar-refractivity contribution in [1.29, 1.82) is 0 Å². The average molecular weight is 503 g/mol. The molecule has 1 spiro atoms. The van der Waals surface area contributed by atoms with E-state index in [1.54, 1.807) is 11.0 Å². The van der Waals surface area contributed by atoms with Crippen LogP contribution >= 0.6 is 27.5 Å².